The fraction of sp³-hybridized carbons (Fsp3) is 0.467. The van der Waals surface area contributed by atoms with Gasteiger partial charge in [-0.3, -0.25) is 9.59 Å². The number of nitrogens with one attached hydrogen (secondary N) is 2. The molecule has 0 saturated carbocycles. The van der Waals surface area contributed by atoms with Crippen LogP contribution in [-0.4, -0.2) is 24.5 Å². The van der Waals surface area contributed by atoms with E-state index >= 15 is 0 Å². The summed E-state index contributed by atoms with van der Waals surface area (Å²) in [6.07, 6.45) is 0.971. The number of hydrogen-bond acceptors (Lipinski definition) is 3. The summed E-state index contributed by atoms with van der Waals surface area (Å²) in [6, 6.07) is 3.39. The normalized spacial score (nSPS) is 17.8. The molecule has 1 aliphatic rings. The third-order valence-electron chi connectivity index (χ3n) is 3.39. The van der Waals surface area contributed by atoms with Crippen LogP contribution in [-0.2, 0) is 9.59 Å². The summed E-state index contributed by atoms with van der Waals surface area (Å²) in [5, 5.41) is 5.54. The Balaban J connectivity index is 2.11. The Kier molecular flexibility index (Phi) is 4.27. The van der Waals surface area contributed by atoms with Gasteiger partial charge in [-0.05, 0) is 50.5 Å². The molecule has 2 rings (SSSR count). The average Bonchev–Trinajstić information content (AvgIpc) is 2.82. The summed E-state index contributed by atoms with van der Waals surface area (Å²) in [7, 11) is 0. The second-order valence-electron chi connectivity index (χ2n) is 5.01. The van der Waals surface area contributed by atoms with Gasteiger partial charge in [0.15, 0.2) is 0 Å². The standard InChI is InChI=1S/C15H20N2O3/c1-4-20-13-8-9(2)12(7-10(13)3)17-15(19)11-5-6-14(18)16-11/h7-8,11H,4-6H2,1-3H3,(H,16,18)(H,17,19). The highest BCUT2D eigenvalue weighted by atomic mass is 16.5. The number of anilines is 1. The number of hydrogen-bond donors (Lipinski definition) is 2. The van der Waals surface area contributed by atoms with Crippen LogP contribution in [0.5, 0.6) is 5.75 Å². The minimum atomic E-state index is -0.422. The maximum absolute atomic E-state index is 12.1. The van der Waals surface area contributed by atoms with E-state index in [4.69, 9.17) is 4.74 Å². The molecule has 1 saturated heterocycles. The van der Waals surface area contributed by atoms with Gasteiger partial charge in [0.1, 0.15) is 11.8 Å². The van der Waals surface area contributed by atoms with Crippen LogP contribution in [0.4, 0.5) is 5.69 Å². The molecule has 0 spiro atoms. The lowest BCUT2D eigenvalue weighted by molar-refractivity contribution is -0.122. The van der Waals surface area contributed by atoms with Crippen LogP contribution >= 0.6 is 0 Å². The van der Waals surface area contributed by atoms with Crippen molar-refractivity contribution in [1.82, 2.24) is 5.32 Å². The fourth-order valence-corrected chi connectivity index (χ4v) is 2.27. The minimum Gasteiger partial charge on any atom is -0.494 e. The molecule has 1 unspecified atom stereocenters. The number of rotatable bonds is 4. The number of amides is 2. The molecule has 2 N–H and O–H groups in total. The largest absolute Gasteiger partial charge is 0.494 e. The van der Waals surface area contributed by atoms with Gasteiger partial charge in [-0.25, -0.2) is 0 Å². The monoisotopic (exact) mass is 276 g/mol. The topological polar surface area (TPSA) is 67.4 Å². The molecule has 20 heavy (non-hydrogen) atoms. The van der Waals surface area contributed by atoms with Crippen LogP contribution in [0.2, 0.25) is 0 Å². The van der Waals surface area contributed by atoms with E-state index in [2.05, 4.69) is 10.6 Å². The molecule has 2 amide bonds. The van der Waals surface area contributed by atoms with E-state index in [1.165, 1.54) is 0 Å². The Morgan fingerprint density at radius 2 is 2.15 bits per heavy atom. The van der Waals surface area contributed by atoms with E-state index in [0.717, 1.165) is 22.6 Å². The highest BCUT2D eigenvalue weighted by Gasteiger charge is 2.27. The molecule has 1 atom stereocenters. The molecule has 5 heteroatoms. The van der Waals surface area contributed by atoms with Crippen molar-refractivity contribution in [2.75, 3.05) is 11.9 Å². The first-order valence-corrected chi connectivity index (χ1v) is 6.85. The van der Waals surface area contributed by atoms with E-state index in [1.807, 2.05) is 32.9 Å². The first-order valence-electron chi connectivity index (χ1n) is 6.85. The van der Waals surface area contributed by atoms with Crippen LogP contribution < -0.4 is 15.4 Å². The molecule has 1 heterocycles. The van der Waals surface area contributed by atoms with Gasteiger partial charge in [0.05, 0.1) is 6.61 Å². The molecular weight excluding hydrogens is 256 g/mol. The van der Waals surface area contributed by atoms with Crippen LogP contribution in [0, 0.1) is 13.8 Å². The Morgan fingerprint density at radius 1 is 1.40 bits per heavy atom. The van der Waals surface area contributed by atoms with Crippen molar-refractivity contribution in [2.24, 2.45) is 0 Å². The first-order chi connectivity index (χ1) is 9.51. The fourth-order valence-electron chi connectivity index (χ4n) is 2.27. The minimum absolute atomic E-state index is 0.0650. The predicted octanol–water partition coefficient (Wildman–Crippen LogP) is 1.92. The Labute approximate surface area is 118 Å². The maximum atomic E-state index is 12.1. The average molecular weight is 276 g/mol. The van der Waals surface area contributed by atoms with Gasteiger partial charge in [-0.1, -0.05) is 0 Å². The van der Waals surface area contributed by atoms with Crippen LogP contribution in [0.25, 0.3) is 0 Å². The van der Waals surface area contributed by atoms with Gasteiger partial charge >= 0.3 is 0 Å². The smallest absolute Gasteiger partial charge is 0.246 e. The number of carbonyl (C=O) groups is 2. The quantitative estimate of drug-likeness (QED) is 0.883. The lowest BCUT2D eigenvalue weighted by atomic mass is 10.1. The highest BCUT2D eigenvalue weighted by molar-refractivity contribution is 5.99. The molecule has 1 aromatic rings. The Bertz CT molecular complexity index is 540. The third-order valence-corrected chi connectivity index (χ3v) is 3.39. The summed E-state index contributed by atoms with van der Waals surface area (Å²) in [5.41, 5.74) is 2.68. The van der Waals surface area contributed by atoms with Gasteiger partial charge in [0, 0.05) is 12.1 Å². The molecule has 0 aromatic heterocycles. The van der Waals surface area contributed by atoms with E-state index in [0.29, 0.717) is 19.4 Å². The van der Waals surface area contributed by atoms with E-state index in [-0.39, 0.29) is 11.8 Å². The summed E-state index contributed by atoms with van der Waals surface area (Å²) >= 11 is 0. The molecule has 5 nitrogen and oxygen atoms in total. The van der Waals surface area contributed by atoms with Crippen molar-refractivity contribution in [2.45, 2.75) is 39.7 Å². The Hall–Kier alpha value is -2.04. The van der Waals surface area contributed by atoms with Gasteiger partial charge in [0.25, 0.3) is 0 Å². The van der Waals surface area contributed by atoms with Crippen LogP contribution in [0.1, 0.15) is 30.9 Å². The van der Waals surface area contributed by atoms with Crippen molar-refractivity contribution in [1.29, 1.82) is 0 Å². The molecule has 0 aliphatic carbocycles. The molecule has 0 radical (unpaired) electrons. The zero-order valence-electron chi connectivity index (χ0n) is 12.1. The number of benzene rings is 1. The van der Waals surface area contributed by atoms with Crippen molar-refractivity contribution in [3.8, 4) is 5.75 Å². The molecule has 0 bridgehead atoms. The number of ether oxygens (including phenoxy) is 1. The van der Waals surface area contributed by atoms with Crippen molar-refractivity contribution in [3.05, 3.63) is 23.3 Å². The molecular formula is C15H20N2O3. The second kappa shape index (κ2) is 5.94. The number of aryl methyl sites for hydroxylation is 2. The summed E-state index contributed by atoms with van der Waals surface area (Å²) in [4.78, 5) is 23.2. The number of carbonyl (C=O) groups excluding carboxylic acids is 2. The summed E-state index contributed by atoms with van der Waals surface area (Å²) in [5.74, 6) is 0.601. The van der Waals surface area contributed by atoms with Crippen molar-refractivity contribution < 1.29 is 14.3 Å². The lowest BCUT2D eigenvalue weighted by Gasteiger charge is -2.15. The Morgan fingerprint density at radius 3 is 2.75 bits per heavy atom. The maximum Gasteiger partial charge on any atom is 0.246 e. The lowest BCUT2D eigenvalue weighted by Crippen LogP contribution is -2.37. The SMILES string of the molecule is CCOc1cc(C)c(NC(=O)C2CCC(=O)N2)cc1C. The summed E-state index contributed by atoms with van der Waals surface area (Å²) in [6.45, 7) is 6.41. The van der Waals surface area contributed by atoms with Gasteiger partial charge in [-0.2, -0.15) is 0 Å². The van der Waals surface area contributed by atoms with E-state index in [1.54, 1.807) is 0 Å². The van der Waals surface area contributed by atoms with Crippen molar-refractivity contribution >= 4 is 17.5 Å². The van der Waals surface area contributed by atoms with Crippen LogP contribution in [0.3, 0.4) is 0 Å². The van der Waals surface area contributed by atoms with Gasteiger partial charge < -0.3 is 15.4 Å². The molecule has 108 valence electrons. The molecule has 1 aliphatic heterocycles. The third kappa shape index (κ3) is 3.10. The van der Waals surface area contributed by atoms with E-state index in [9.17, 15) is 9.59 Å². The zero-order valence-corrected chi connectivity index (χ0v) is 12.1. The second-order valence-corrected chi connectivity index (χ2v) is 5.01. The van der Waals surface area contributed by atoms with E-state index < -0.39 is 6.04 Å². The predicted molar refractivity (Wildman–Crippen MR) is 76.9 cm³/mol. The zero-order chi connectivity index (χ0) is 14.7. The molecule has 1 aromatic carbocycles. The van der Waals surface area contributed by atoms with Gasteiger partial charge in [0.2, 0.25) is 11.8 Å². The first kappa shape index (κ1) is 14.4. The summed E-state index contributed by atoms with van der Waals surface area (Å²) < 4.78 is 5.52. The molecule has 1 fully saturated rings. The highest BCUT2D eigenvalue weighted by Crippen LogP contribution is 2.26. The van der Waals surface area contributed by atoms with Gasteiger partial charge in [-0.15, -0.1) is 0 Å². The van der Waals surface area contributed by atoms with Crippen molar-refractivity contribution in [3.63, 3.8) is 0 Å². The van der Waals surface area contributed by atoms with Crippen LogP contribution in [0.15, 0.2) is 12.1 Å².